The summed E-state index contributed by atoms with van der Waals surface area (Å²) >= 11 is 1.71. The van der Waals surface area contributed by atoms with E-state index in [0.717, 1.165) is 44.2 Å². The predicted molar refractivity (Wildman–Crippen MR) is 115 cm³/mol. The van der Waals surface area contributed by atoms with Crippen molar-refractivity contribution in [3.63, 3.8) is 0 Å². The number of aliphatic imine (C=N–C) groups is 1. The topological polar surface area (TPSA) is 58.5 Å². The Morgan fingerprint density at radius 1 is 1.29 bits per heavy atom. The summed E-state index contributed by atoms with van der Waals surface area (Å²) in [5.41, 5.74) is 1.04. The zero-order chi connectivity index (χ0) is 17.1. The van der Waals surface area contributed by atoms with Crippen LogP contribution in [0.1, 0.15) is 51.7 Å². The Morgan fingerprint density at radius 2 is 2.04 bits per heavy atom. The van der Waals surface area contributed by atoms with Crippen molar-refractivity contribution in [3.8, 4) is 0 Å². The van der Waals surface area contributed by atoms with Crippen molar-refractivity contribution >= 4 is 41.3 Å². The maximum Gasteiger partial charge on any atom is 0.191 e. The Balaban J connectivity index is 0.00000529. The Hall–Kier alpha value is -0.410. The molecule has 0 radical (unpaired) electrons. The van der Waals surface area contributed by atoms with E-state index < -0.39 is 0 Å². The average Bonchev–Trinajstić information content (AvgIpc) is 2.99. The number of nitrogens with zero attached hydrogens (tertiary/aromatic N) is 2. The van der Waals surface area contributed by atoms with Gasteiger partial charge in [-0.15, -0.1) is 35.3 Å². The van der Waals surface area contributed by atoms with Gasteiger partial charge in [-0.2, -0.15) is 0 Å². The molecule has 1 aromatic rings. The van der Waals surface area contributed by atoms with Gasteiger partial charge in [-0.25, -0.2) is 9.98 Å². The molecule has 1 heterocycles. The maximum absolute atomic E-state index is 5.78. The van der Waals surface area contributed by atoms with E-state index in [1.165, 1.54) is 5.01 Å². The van der Waals surface area contributed by atoms with Gasteiger partial charge in [0.25, 0.3) is 0 Å². The molecule has 0 saturated carbocycles. The van der Waals surface area contributed by atoms with Crippen LogP contribution in [0.2, 0.25) is 0 Å². The third kappa shape index (κ3) is 9.17. The van der Waals surface area contributed by atoms with E-state index in [0.29, 0.717) is 18.6 Å². The number of aryl methyl sites for hydroxylation is 1. The zero-order valence-electron chi connectivity index (χ0n) is 15.6. The van der Waals surface area contributed by atoms with E-state index in [1.807, 2.05) is 6.92 Å². The first-order valence-electron chi connectivity index (χ1n) is 8.67. The lowest BCUT2D eigenvalue weighted by Gasteiger charge is -2.21. The van der Waals surface area contributed by atoms with E-state index >= 15 is 0 Å². The van der Waals surface area contributed by atoms with Crippen LogP contribution in [0.4, 0.5) is 0 Å². The molecule has 0 aliphatic carbocycles. The standard InChI is InChI=1S/C17H32N4OS.HI/c1-6-16-21-14(12-23-16)11-20-17(18-7-2)19-10-9-15(13(4)5)22-8-3;/h12-13,15H,6-11H2,1-5H3,(H2,18,19,20);1H. The molecule has 0 bridgehead atoms. The molecule has 0 fully saturated rings. The molecular weight excluding hydrogens is 435 g/mol. The third-order valence-electron chi connectivity index (χ3n) is 3.49. The molecule has 0 saturated heterocycles. The van der Waals surface area contributed by atoms with Crippen molar-refractivity contribution in [3.05, 3.63) is 16.1 Å². The van der Waals surface area contributed by atoms with Crippen LogP contribution >= 0.6 is 35.3 Å². The number of guanidine groups is 1. The summed E-state index contributed by atoms with van der Waals surface area (Å²) in [6.07, 6.45) is 2.26. The third-order valence-corrected chi connectivity index (χ3v) is 4.53. The van der Waals surface area contributed by atoms with Gasteiger partial charge in [-0.1, -0.05) is 20.8 Å². The van der Waals surface area contributed by atoms with Crippen LogP contribution < -0.4 is 10.6 Å². The van der Waals surface area contributed by atoms with Gasteiger partial charge in [-0.3, -0.25) is 0 Å². The molecule has 1 atom stereocenters. The first kappa shape index (κ1) is 23.6. The Bertz CT molecular complexity index is 465. The average molecular weight is 468 g/mol. The summed E-state index contributed by atoms with van der Waals surface area (Å²) in [7, 11) is 0. The Morgan fingerprint density at radius 3 is 2.58 bits per heavy atom. The predicted octanol–water partition coefficient (Wildman–Crippen LogP) is 3.83. The summed E-state index contributed by atoms with van der Waals surface area (Å²) in [6.45, 7) is 13.7. The van der Waals surface area contributed by atoms with Gasteiger partial charge in [0.05, 0.1) is 23.4 Å². The van der Waals surface area contributed by atoms with Crippen LogP contribution in [0.25, 0.3) is 0 Å². The number of rotatable bonds is 10. The van der Waals surface area contributed by atoms with E-state index in [1.54, 1.807) is 11.3 Å². The van der Waals surface area contributed by atoms with Gasteiger partial charge >= 0.3 is 0 Å². The normalized spacial score (nSPS) is 12.8. The quantitative estimate of drug-likeness (QED) is 0.311. The van der Waals surface area contributed by atoms with Crippen LogP contribution in [-0.4, -0.2) is 36.7 Å². The lowest BCUT2D eigenvalue weighted by molar-refractivity contribution is 0.0258. The fourth-order valence-electron chi connectivity index (χ4n) is 2.24. The molecule has 5 nitrogen and oxygen atoms in total. The van der Waals surface area contributed by atoms with Crippen LogP contribution in [0.15, 0.2) is 10.4 Å². The van der Waals surface area contributed by atoms with Crippen LogP contribution in [0.3, 0.4) is 0 Å². The highest BCUT2D eigenvalue weighted by Crippen LogP contribution is 2.11. The molecule has 0 amide bonds. The first-order valence-corrected chi connectivity index (χ1v) is 9.55. The molecule has 1 unspecified atom stereocenters. The molecule has 0 aromatic carbocycles. The summed E-state index contributed by atoms with van der Waals surface area (Å²) in [5.74, 6) is 1.37. The second kappa shape index (κ2) is 13.8. The summed E-state index contributed by atoms with van der Waals surface area (Å²) < 4.78 is 5.78. The highest BCUT2D eigenvalue weighted by molar-refractivity contribution is 14.0. The largest absolute Gasteiger partial charge is 0.378 e. The minimum Gasteiger partial charge on any atom is -0.378 e. The second-order valence-electron chi connectivity index (χ2n) is 5.73. The molecule has 0 aliphatic rings. The fourth-order valence-corrected chi connectivity index (χ4v) is 2.98. The molecule has 140 valence electrons. The van der Waals surface area contributed by atoms with Gasteiger partial charge in [0.2, 0.25) is 0 Å². The molecule has 0 aliphatic heterocycles. The number of ether oxygens (including phenoxy) is 1. The summed E-state index contributed by atoms with van der Waals surface area (Å²) in [6, 6.07) is 0. The summed E-state index contributed by atoms with van der Waals surface area (Å²) in [4.78, 5) is 9.17. The second-order valence-corrected chi connectivity index (χ2v) is 6.68. The minimum atomic E-state index is 0. The number of thiazole rings is 1. The monoisotopic (exact) mass is 468 g/mol. The van der Waals surface area contributed by atoms with Crippen molar-refractivity contribution in [1.82, 2.24) is 15.6 Å². The number of hydrogen-bond acceptors (Lipinski definition) is 4. The van der Waals surface area contributed by atoms with Crippen molar-refractivity contribution in [1.29, 1.82) is 0 Å². The van der Waals surface area contributed by atoms with E-state index in [2.05, 4.69) is 53.7 Å². The van der Waals surface area contributed by atoms with Crippen molar-refractivity contribution in [2.45, 2.75) is 60.1 Å². The maximum atomic E-state index is 5.78. The smallest absolute Gasteiger partial charge is 0.191 e. The molecule has 1 aromatic heterocycles. The van der Waals surface area contributed by atoms with Gasteiger partial charge in [0, 0.05) is 25.1 Å². The molecule has 24 heavy (non-hydrogen) atoms. The van der Waals surface area contributed by atoms with Crippen LogP contribution in [-0.2, 0) is 17.7 Å². The SMILES string of the molecule is CCNC(=NCc1csc(CC)n1)NCCC(OCC)C(C)C.I. The molecule has 0 spiro atoms. The molecular formula is C17H33IN4OS. The van der Waals surface area contributed by atoms with Crippen LogP contribution in [0, 0.1) is 5.92 Å². The number of hydrogen-bond donors (Lipinski definition) is 2. The van der Waals surface area contributed by atoms with E-state index in [4.69, 9.17) is 4.74 Å². The lowest BCUT2D eigenvalue weighted by Crippen LogP contribution is -2.39. The van der Waals surface area contributed by atoms with Gasteiger partial charge in [0.1, 0.15) is 0 Å². The van der Waals surface area contributed by atoms with Crippen molar-refractivity contribution < 1.29 is 4.74 Å². The molecule has 7 heteroatoms. The first-order chi connectivity index (χ1) is 11.1. The van der Waals surface area contributed by atoms with Gasteiger partial charge in [-0.05, 0) is 32.6 Å². The fraction of sp³-hybridized carbons (Fsp3) is 0.765. The number of halogens is 1. The number of nitrogens with one attached hydrogen (secondary N) is 2. The highest BCUT2D eigenvalue weighted by atomic mass is 127. The Kier molecular flexibility index (Phi) is 13.6. The lowest BCUT2D eigenvalue weighted by atomic mass is 10.0. The molecule has 2 N–H and O–H groups in total. The molecule has 1 rings (SSSR count). The van der Waals surface area contributed by atoms with E-state index in [9.17, 15) is 0 Å². The number of aromatic nitrogens is 1. The zero-order valence-corrected chi connectivity index (χ0v) is 18.7. The van der Waals surface area contributed by atoms with Crippen molar-refractivity contribution in [2.75, 3.05) is 19.7 Å². The van der Waals surface area contributed by atoms with Crippen LogP contribution in [0.5, 0.6) is 0 Å². The van der Waals surface area contributed by atoms with Gasteiger partial charge in [0.15, 0.2) is 5.96 Å². The van der Waals surface area contributed by atoms with Gasteiger partial charge < -0.3 is 15.4 Å². The summed E-state index contributed by atoms with van der Waals surface area (Å²) in [5, 5.41) is 9.94. The van der Waals surface area contributed by atoms with Crippen molar-refractivity contribution in [2.24, 2.45) is 10.9 Å². The van der Waals surface area contributed by atoms with E-state index in [-0.39, 0.29) is 24.0 Å². The Labute approximate surface area is 168 Å². The highest BCUT2D eigenvalue weighted by Gasteiger charge is 2.13. The minimum absolute atomic E-state index is 0.